The second kappa shape index (κ2) is 7.77. The van der Waals surface area contributed by atoms with E-state index in [1.165, 1.54) is 36.8 Å². The van der Waals surface area contributed by atoms with E-state index in [-0.39, 0.29) is 0 Å². The average Bonchev–Trinajstić information content (AvgIpc) is 2.80. The maximum absolute atomic E-state index is 4.58. The van der Waals surface area contributed by atoms with E-state index in [1.54, 1.807) is 23.3 Å². The molecule has 0 saturated carbocycles. The second-order valence-electron chi connectivity index (χ2n) is 4.36. The van der Waals surface area contributed by atoms with E-state index in [9.17, 15) is 0 Å². The predicted molar refractivity (Wildman–Crippen MR) is 82.2 cm³/mol. The number of benzene rings is 1. The summed E-state index contributed by atoms with van der Waals surface area (Å²) in [6.45, 7) is 3.32. The number of unbranched alkanes of at least 4 members (excludes halogenated alkanes) is 4. The van der Waals surface area contributed by atoms with Crippen LogP contribution in [0.15, 0.2) is 28.6 Å². The molecule has 0 fully saturated rings. The molecular weight excluding hydrogens is 260 g/mol. The summed E-state index contributed by atoms with van der Waals surface area (Å²) in [5.41, 5.74) is 1.11. The van der Waals surface area contributed by atoms with Crippen LogP contribution in [0.4, 0.5) is 0 Å². The number of rotatable bonds is 8. The molecule has 1 heterocycles. The molecule has 2 nitrogen and oxygen atoms in total. The van der Waals surface area contributed by atoms with Gasteiger partial charge in [0.05, 0.1) is 10.2 Å². The third-order valence-corrected chi connectivity index (χ3v) is 4.76. The smallest absolute Gasteiger partial charge is 0.166 e. The topological polar surface area (TPSA) is 24.9 Å². The van der Waals surface area contributed by atoms with Gasteiger partial charge in [-0.05, 0) is 30.5 Å². The highest BCUT2D eigenvalue weighted by atomic mass is 32.2. The lowest BCUT2D eigenvalue weighted by Gasteiger charge is -2.01. The molecule has 0 aliphatic rings. The number of nitrogens with zero attached hydrogens (tertiary/aromatic N) is 1. The van der Waals surface area contributed by atoms with Crippen molar-refractivity contribution in [1.29, 1.82) is 0 Å². The summed E-state index contributed by atoms with van der Waals surface area (Å²) >= 11 is 3.43. The first-order chi connectivity index (χ1) is 8.90. The van der Waals surface area contributed by atoms with E-state index in [2.05, 4.69) is 34.8 Å². The van der Waals surface area contributed by atoms with E-state index < -0.39 is 0 Å². The fourth-order valence-corrected chi connectivity index (χ4v) is 3.63. The minimum atomic E-state index is 1.07. The van der Waals surface area contributed by atoms with Crippen molar-refractivity contribution in [3.8, 4) is 0 Å². The van der Waals surface area contributed by atoms with E-state index in [4.69, 9.17) is 0 Å². The summed E-state index contributed by atoms with van der Waals surface area (Å²) in [5, 5.41) is 0. The van der Waals surface area contributed by atoms with Crippen molar-refractivity contribution >= 4 is 33.5 Å². The van der Waals surface area contributed by atoms with E-state index in [0.717, 1.165) is 16.4 Å². The van der Waals surface area contributed by atoms with Crippen LogP contribution < -0.4 is 4.72 Å². The van der Waals surface area contributed by atoms with Crippen LogP contribution in [0.1, 0.15) is 39.0 Å². The maximum atomic E-state index is 4.58. The Hall–Kier alpha value is -0.580. The predicted octanol–water partition coefficient (Wildman–Crippen LogP) is 4.86. The van der Waals surface area contributed by atoms with E-state index in [1.807, 2.05) is 6.07 Å². The van der Waals surface area contributed by atoms with Crippen LogP contribution in [0.25, 0.3) is 10.2 Å². The molecule has 0 spiro atoms. The van der Waals surface area contributed by atoms with Crippen molar-refractivity contribution in [3.05, 3.63) is 24.3 Å². The Kier molecular flexibility index (Phi) is 5.97. The summed E-state index contributed by atoms with van der Waals surface area (Å²) in [7, 11) is 0. The third-order valence-electron chi connectivity index (χ3n) is 2.82. The minimum Gasteiger partial charge on any atom is -0.258 e. The Morgan fingerprint density at radius 1 is 1.17 bits per heavy atom. The van der Waals surface area contributed by atoms with Crippen molar-refractivity contribution in [2.45, 2.75) is 43.4 Å². The summed E-state index contributed by atoms with van der Waals surface area (Å²) in [6.07, 6.45) is 6.64. The molecule has 4 heteroatoms. The Balaban J connectivity index is 1.67. The maximum Gasteiger partial charge on any atom is 0.166 e. The lowest BCUT2D eigenvalue weighted by Crippen LogP contribution is -2.04. The van der Waals surface area contributed by atoms with Crippen molar-refractivity contribution in [3.63, 3.8) is 0 Å². The van der Waals surface area contributed by atoms with Gasteiger partial charge in [0.25, 0.3) is 0 Å². The van der Waals surface area contributed by atoms with Gasteiger partial charge in [-0.2, -0.15) is 0 Å². The molecule has 0 saturated heterocycles. The molecule has 1 aromatic carbocycles. The Bertz CT molecular complexity index is 435. The number of nitrogens with one attached hydrogen (secondary N) is 1. The third kappa shape index (κ3) is 4.26. The van der Waals surface area contributed by atoms with Gasteiger partial charge in [0, 0.05) is 6.54 Å². The number of hydrogen-bond donors (Lipinski definition) is 1. The van der Waals surface area contributed by atoms with Gasteiger partial charge < -0.3 is 0 Å². The molecule has 0 bridgehead atoms. The van der Waals surface area contributed by atoms with Crippen LogP contribution in [0.5, 0.6) is 0 Å². The quantitative estimate of drug-likeness (QED) is 0.552. The van der Waals surface area contributed by atoms with Crippen molar-refractivity contribution in [1.82, 2.24) is 9.71 Å². The SMILES string of the molecule is CCCCCCCNSc1nc2ccccc2s1. The number of fused-ring (bicyclic) bond motifs is 1. The molecule has 18 heavy (non-hydrogen) atoms. The monoisotopic (exact) mass is 280 g/mol. The molecule has 0 radical (unpaired) electrons. The highest BCUT2D eigenvalue weighted by Gasteiger charge is 2.02. The van der Waals surface area contributed by atoms with Crippen LogP contribution in [0, 0.1) is 0 Å². The number of aromatic nitrogens is 1. The number of hydrogen-bond acceptors (Lipinski definition) is 4. The zero-order chi connectivity index (χ0) is 12.6. The van der Waals surface area contributed by atoms with Gasteiger partial charge in [0.15, 0.2) is 4.34 Å². The summed E-state index contributed by atoms with van der Waals surface area (Å²) in [4.78, 5) is 4.58. The van der Waals surface area contributed by atoms with Crippen molar-refractivity contribution in [2.75, 3.05) is 6.54 Å². The van der Waals surface area contributed by atoms with Gasteiger partial charge in [-0.1, -0.05) is 44.7 Å². The lowest BCUT2D eigenvalue weighted by molar-refractivity contribution is 0.630. The molecule has 0 unspecified atom stereocenters. The van der Waals surface area contributed by atoms with Gasteiger partial charge in [-0.3, -0.25) is 4.72 Å². The van der Waals surface area contributed by atoms with Crippen LogP contribution in [0.2, 0.25) is 0 Å². The Morgan fingerprint density at radius 3 is 2.83 bits per heavy atom. The highest BCUT2D eigenvalue weighted by Crippen LogP contribution is 2.27. The number of para-hydroxylation sites is 1. The largest absolute Gasteiger partial charge is 0.258 e. The minimum absolute atomic E-state index is 1.07. The van der Waals surface area contributed by atoms with E-state index in [0.29, 0.717) is 0 Å². The normalized spacial score (nSPS) is 11.2. The summed E-state index contributed by atoms with van der Waals surface area (Å²) in [5.74, 6) is 0. The molecule has 0 amide bonds. The zero-order valence-electron chi connectivity index (χ0n) is 10.8. The second-order valence-corrected chi connectivity index (χ2v) is 6.53. The molecule has 0 aliphatic heterocycles. The van der Waals surface area contributed by atoms with Gasteiger partial charge in [-0.25, -0.2) is 4.98 Å². The average molecular weight is 280 g/mol. The van der Waals surface area contributed by atoms with Gasteiger partial charge in [0.2, 0.25) is 0 Å². The summed E-state index contributed by atoms with van der Waals surface area (Å²) < 4.78 is 5.79. The molecule has 1 N–H and O–H groups in total. The highest BCUT2D eigenvalue weighted by molar-refractivity contribution is 7.99. The molecule has 0 atom stereocenters. The molecule has 0 aliphatic carbocycles. The van der Waals surface area contributed by atoms with Crippen LogP contribution in [-0.4, -0.2) is 11.5 Å². The van der Waals surface area contributed by atoms with Gasteiger partial charge >= 0.3 is 0 Å². The van der Waals surface area contributed by atoms with Crippen molar-refractivity contribution < 1.29 is 0 Å². The zero-order valence-corrected chi connectivity index (χ0v) is 12.4. The van der Waals surface area contributed by atoms with Crippen LogP contribution in [0.3, 0.4) is 0 Å². The van der Waals surface area contributed by atoms with Crippen LogP contribution >= 0.6 is 23.3 Å². The molecule has 2 rings (SSSR count). The Morgan fingerprint density at radius 2 is 2.00 bits per heavy atom. The first-order valence-corrected chi connectivity index (χ1v) is 8.28. The standard InChI is InChI=1S/C14H20N2S2/c1-2-3-4-5-8-11-15-18-14-16-12-9-6-7-10-13(12)17-14/h6-7,9-10,15H,2-5,8,11H2,1H3. The van der Waals surface area contributed by atoms with Gasteiger partial charge in [-0.15, -0.1) is 11.3 Å². The molecule has 98 valence electrons. The first kappa shape index (κ1) is 13.8. The van der Waals surface area contributed by atoms with Gasteiger partial charge in [0.1, 0.15) is 0 Å². The lowest BCUT2D eigenvalue weighted by atomic mass is 10.2. The molecule has 1 aromatic heterocycles. The fraction of sp³-hybridized carbons (Fsp3) is 0.500. The molecular formula is C14H20N2S2. The van der Waals surface area contributed by atoms with Crippen molar-refractivity contribution in [2.24, 2.45) is 0 Å². The summed E-state index contributed by atoms with van der Waals surface area (Å²) in [6, 6.07) is 8.30. The van der Waals surface area contributed by atoms with Crippen LogP contribution in [-0.2, 0) is 0 Å². The number of thiazole rings is 1. The first-order valence-electron chi connectivity index (χ1n) is 6.65. The van der Waals surface area contributed by atoms with E-state index >= 15 is 0 Å². The molecule has 2 aromatic rings. The Labute approximate surface area is 117 Å². The fourth-order valence-electron chi connectivity index (χ4n) is 1.81.